The van der Waals surface area contributed by atoms with E-state index in [1.807, 2.05) is 50.2 Å². The molecule has 2 nitrogen and oxygen atoms in total. The van der Waals surface area contributed by atoms with Crippen molar-refractivity contribution in [3.05, 3.63) is 57.7 Å². The number of benzene rings is 2. The quantitative estimate of drug-likeness (QED) is 0.576. The minimum Gasteiger partial charge on any atom is -0.228 e. The van der Waals surface area contributed by atoms with E-state index in [2.05, 4.69) is 9.97 Å². The van der Waals surface area contributed by atoms with Crippen molar-refractivity contribution in [3.63, 3.8) is 0 Å². The van der Waals surface area contributed by atoms with E-state index < -0.39 is 0 Å². The third-order valence-electron chi connectivity index (χ3n) is 3.25. The number of hydrogen-bond acceptors (Lipinski definition) is 2. The van der Waals surface area contributed by atoms with Crippen LogP contribution >= 0.6 is 23.2 Å². The number of rotatable bonds is 1. The number of fused-ring (bicyclic) bond motifs is 1. The molecule has 0 N–H and O–H groups in total. The predicted octanol–water partition coefficient (Wildman–Crippen LogP) is 5.22. The molecule has 0 spiro atoms. The average molecular weight is 303 g/mol. The molecule has 0 radical (unpaired) electrons. The number of halogens is 2. The van der Waals surface area contributed by atoms with Crippen LogP contribution in [-0.2, 0) is 0 Å². The second kappa shape index (κ2) is 5.04. The van der Waals surface area contributed by atoms with Crippen molar-refractivity contribution in [1.82, 2.24) is 9.97 Å². The van der Waals surface area contributed by atoms with Crippen molar-refractivity contribution < 1.29 is 0 Å². The van der Waals surface area contributed by atoms with Gasteiger partial charge in [-0.15, -0.1) is 0 Å². The van der Waals surface area contributed by atoms with Crippen LogP contribution in [0.2, 0.25) is 10.2 Å². The highest BCUT2D eigenvalue weighted by molar-refractivity contribution is 6.35. The normalized spacial score (nSPS) is 11.0. The van der Waals surface area contributed by atoms with Gasteiger partial charge in [0.05, 0.1) is 10.5 Å². The lowest BCUT2D eigenvalue weighted by Crippen LogP contribution is -1.94. The smallest absolute Gasteiger partial charge is 0.163 e. The van der Waals surface area contributed by atoms with Gasteiger partial charge in [-0.05, 0) is 43.2 Å². The fourth-order valence-electron chi connectivity index (χ4n) is 2.18. The van der Waals surface area contributed by atoms with Gasteiger partial charge < -0.3 is 0 Å². The largest absolute Gasteiger partial charge is 0.228 e. The number of nitrogens with zero attached hydrogens (tertiary/aromatic N) is 2. The second-order valence-corrected chi connectivity index (χ2v) is 5.56. The molecule has 0 saturated heterocycles. The standard InChI is InChI=1S/C16H12Cl2N2/c1-9-6-7-11(13(17)8-9)16-19-14-10(2)4-3-5-12(14)15(18)20-16/h3-8H,1-2H3. The summed E-state index contributed by atoms with van der Waals surface area (Å²) in [6.45, 7) is 4.00. The lowest BCUT2D eigenvalue weighted by Gasteiger charge is -2.08. The Balaban J connectivity index is 2.29. The highest BCUT2D eigenvalue weighted by Gasteiger charge is 2.12. The minimum absolute atomic E-state index is 0.449. The summed E-state index contributed by atoms with van der Waals surface area (Å²) >= 11 is 12.6. The van der Waals surface area contributed by atoms with Crippen molar-refractivity contribution in [2.24, 2.45) is 0 Å². The molecule has 1 heterocycles. The summed E-state index contributed by atoms with van der Waals surface area (Å²) in [7, 11) is 0. The molecule has 0 aliphatic heterocycles. The Bertz CT molecular complexity index is 813. The van der Waals surface area contributed by atoms with E-state index >= 15 is 0 Å². The number of aromatic nitrogens is 2. The molecule has 20 heavy (non-hydrogen) atoms. The van der Waals surface area contributed by atoms with Crippen LogP contribution < -0.4 is 0 Å². The van der Waals surface area contributed by atoms with Crippen molar-refractivity contribution >= 4 is 34.1 Å². The van der Waals surface area contributed by atoms with Crippen LogP contribution in [-0.4, -0.2) is 9.97 Å². The van der Waals surface area contributed by atoms with Crippen molar-refractivity contribution in [3.8, 4) is 11.4 Å². The first-order chi connectivity index (χ1) is 9.56. The molecule has 0 amide bonds. The van der Waals surface area contributed by atoms with Crippen LogP contribution in [0.3, 0.4) is 0 Å². The number of para-hydroxylation sites is 1. The van der Waals surface area contributed by atoms with Gasteiger partial charge in [0.25, 0.3) is 0 Å². The molecular weight excluding hydrogens is 291 g/mol. The molecule has 4 heteroatoms. The van der Waals surface area contributed by atoms with E-state index in [4.69, 9.17) is 23.2 Å². The molecule has 0 aliphatic rings. The zero-order valence-corrected chi connectivity index (χ0v) is 12.6. The van der Waals surface area contributed by atoms with E-state index in [1.54, 1.807) is 0 Å². The second-order valence-electron chi connectivity index (χ2n) is 4.79. The molecule has 3 aromatic rings. The maximum Gasteiger partial charge on any atom is 0.163 e. The van der Waals surface area contributed by atoms with Crippen LogP contribution in [0.4, 0.5) is 0 Å². The predicted molar refractivity (Wildman–Crippen MR) is 84.5 cm³/mol. The van der Waals surface area contributed by atoms with Gasteiger partial charge in [-0.1, -0.05) is 41.4 Å². The van der Waals surface area contributed by atoms with E-state index in [0.717, 1.165) is 27.6 Å². The van der Waals surface area contributed by atoms with Gasteiger partial charge in [-0.2, -0.15) is 0 Å². The molecule has 0 unspecified atom stereocenters. The summed E-state index contributed by atoms with van der Waals surface area (Å²) in [6.07, 6.45) is 0. The number of hydrogen-bond donors (Lipinski definition) is 0. The first kappa shape index (κ1) is 13.3. The zero-order chi connectivity index (χ0) is 14.3. The van der Waals surface area contributed by atoms with Crippen molar-refractivity contribution in [2.45, 2.75) is 13.8 Å². The van der Waals surface area contributed by atoms with E-state index in [1.165, 1.54) is 0 Å². The van der Waals surface area contributed by atoms with E-state index in [0.29, 0.717) is 16.0 Å². The Hall–Kier alpha value is -1.64. The Kier molecular flexibility index (Phi) is 3.36. The summed E-state index contributed by atoms with van der Waals surface area (Å²) in [5, 5.41) is 1.94. The molecule has 0 atom stereocenters. The van der Waals surface area contributed by atoms with Crippen molar-refractivity contribution in [2.75, 3.05) is 0 Å². The fourth-order valence-corrected chi connectivity index (χ4v) is 2.73. The zero-order valence-electron chi connectivity index (χ0n) is 11.1. The SMILES string of the molecule is Cc1ccc(-c2nc(Cl)c3cccc(C)c3n2)c(Cl)c1. The molecule has 0 fully saturated rings. The van der Waals surface area contributed by atoms with Gasteiger partial charge in [0.2, 0.25) is 0 Å². The van der Waals surface area contributed by atoms with Gasteiger partial charge in [0.15, 0.2) is 5.82 Å². The van der Waals surface area contributed by atoms with Gasteiger partial charge >= 0.3 is 0 Å². The lowest BCUT2D eigenvalue weighted by molar-refractivity contribution is 1.21. The van der Waals surface area contributed by atoms with Crippen LogP contribution in [0.15, 0.2) is 36.4 Å². The molecule has 0 saturated carbocycles. The summed E-state index contributed by atoms with van der Waals surface area (Å²) in [5.41, 5.74) is 3.82. The number of aryl methyl sites for hydroxylation is 2. The Labute approximate surface area is 127 Å². The van der Waals surface area contributed by atoms with E-state index in [9.17, 15) is 0 Å². The topological polar surface area (TPSA) is 25.8 Å². The molecule has 0 bridgehead atoms. The molecule has 3 rings (SSSR count). The van der Waals surface area contributed by atoms with Crippen LogP contribution in [0.1, 0.15) is 11.1 Å². The molecule has 100 valence electrons. The van der Waals surface area contributed by atoms with E-state index in [-0.39, 0.29) is 0 Å². The first-order valence-electron chi connectivity index (χ1n) is 6.25. The molecule has 2 aromatic carbocycles. The van der Waals surface area contributed by atoms with Gasteiger partial charge in [0.1, 0.15) is 5.15 Å². The summed E-state index contributed by atoms with van der Waals surface area (Å²) in [4.78, 5) is 8.99. The maximum atomic E-state index is 6.28. The first-order valence-corrected chi connectivity index (χ1v) is 7.01. The van der Waals surface area contributed by atoms with Gasteiger partial charge in [-0.3, -0.25) is 0 Å². The Morgan fingerprint density at radius 3 is 2.50 bits per heavy atom. The maximum absolute atomic E-state index is 6.28. The molecule has 0 aliphatic carbocycles. The monoisotopic (exact) mass is 302 g/mol. The van der Waals surface area contributed by atoms with Gasteiger partial charge in [-0.25, -0.2) is 9.97 Å². The summed E-state index contributed by atoms with van der Waals surface area (Å²) in [5.74, 6) is 0.557. The summed E-state index contributed by atoms with van der Waals surface area (Å²) in [6, 6.07) is 11.7. The fraction of sp³-hybridized carbons (Fsp3) is 0.125. The Morgan fingerprint density at radius 1 is 0.950 bits per heavy atom. The molecule has 1 aromatic heterocycles. The van der Waals surface area contributed by atoms with Crippen LogP contribution in [0.5, 0.6) is 0 Å². The Morgan fingerprint density at radius 2 is 1.75 bits per heavy atom. The summed E-state index contributed by atoms with van der Waals surface area (Å²) < 4.78 is 0. The highest BCUT2D eigenvalue weighted by atomic mass is 35.5. The van der Waals surface area contributed by atoms with Gasteiger partial charge in [0, 0.05) is 10.9 Å². The van der Waals surface area contributed by atoms with Crippen LogP contribution in [0, 0.1) is 13.8 Å². The minimum atomic E-state index is 0.449. The van der Waals surface area contributed by atoms with Crippen LogP contribution in [0.25, 0.3) is 22.3 Å². The third-order valence-corrected chi connectivity index (χ3v) is 3.85. The lowest BCUT2D eigenvalue weighted by atomic mass is 10.1. The highest BCUT2D eigenvalue weighted by Crippen LogP contribution is 2.30. The van der Waals surface area contributed by atoms with Crippen molar-refractivity contribution in [1.29, 1.82) is 0 Å². The average Bonchev–Trinajstić information content (AvgIpc) is 2.40. The third kappa shape index (κ3) is 2.26. The molecular formula is C16H12Cl2N2.